The van der Waals surface area contributed by atoms with Gasteiger partial charge in [-0.2, -0.15) is 0 Å². The predicted octanol–water partition coefficient (Wildman–Crippen LogP) is 6.30. The highest BCUT2D eigenvalue weighted by atomic mass is 35.5. The Kier molecular flexibility index (Phi) is 8.12. The van der Waals surface area contributed by atoms with Crippen LogP contribution < -0.4 is 9.47 Å². The fourth-order valence-corrected chi connectivity index (χ4v) is 4.19. The second kappa shape index (κ2) is 11.0. The van der Waals surface area contributed by atoms with Crippen molar-refractivity contribution in [2.75, 3.05) is 27.6 Å². The van der Waals surface area contributed by atoms with E-state index in [4.69, 9.17) is 30.5 Å². The molecule has 0 N–H and O–H groups in total. The molecule has 0 bridgehead atoms. The smallest absolute Gasteiger partial charge is 0.330 e. The Labute approximate surface area is 190 Å². The summed E-state index contributed by atoms with van der Waals surface area (Å²) in [5.41, 5.74) is 3.84. The first-order valence-corrected chi connectivity index (χ1v) is 10.9. The van der Waals surface area contributed by atoms with Gasteiger partial charge in [0.05, 0.1) is 13.7 Å². The molecule has 0 fully saturated rings. The van der Waals surface area contributed by atoms with Gasteiger partial charge in [-0.15, -0.1) is 11.3 Å². The van der Waals surface area contributed by atoms with Gasteiger partial charge in [0.1, 0.15) is 11.5 Å². The minimum atomic E-state index is -0.383. The maximum atomic E-state index is 11.9. The molecule has 162 valence electrons. The number of thiophene rings is 1. The summed E-state index contributed by atoms with van der Waals surface area (Å²) < 4.78 is 21.0. The van der Waals surface area contributed by atoms with Gasteiger partial charge in [-0.1, -0.05) is 23.7 Å². The van der Waals surface area contributed by atoms with Crippen molar-refractivity contribution in [1.29, 1.82) is 0 Å². The van der Waals surface area contributed by atoms with E-state index in [-0.39, 0.29) is 12.8 Å². The topological polar surface area (TPSA) is 54.0 Å². The van der Waals surface area contributed by atoms with Gasteiger partial charge >= 0.3 is 5.97 Å². The first kappa shape index (κ1) is 22.9. The molecule has 0 amide bonds. The van der Waals surface area contributed by atoms with Crippen LogP contribution in [0.15, 0.2) is 53.9 Å². The Morgan fingerprint density at radius 3 is 2.55 bits per heavy atom. The van der Waals surface area contributed by atoms with Crippen LogP contribution in [0.5, 0.6) is 11.5 Å². The van der Waals surface area contributed by atoms with E-state index in [2.05, 4.69) is 5.38 Å². The van der Waals surface area contributed by atoms with E-state index in [0.717, 1.165) is 27.1 Å². The molecule has 3 rings (SSSR count). The third kappa shape index (κ3) is 5.67. The molecule has 7 heteroatoms. The van der Waals surface area contributed by atoms with Crippen LogP contribution in [0.4, 0.5) is 0 Å². The molecule has 0 aliphatic carbocycles. The van der Waals surface area contributed by atoms with Crippen molar-refractivity contribution >= 4 is 35.0 Å². The number of rotatable bonds is 9. The molecule has 0 radical (unpaired) electrons. The van der Waals surface area contributed by atoms with Gasteiger partial charge in [-0.05, 0) is 54.3 Å². The normalized spacial score (nSPS) is 11.0. The molecule has 31 heavy (non-hydrogen) atoms. The zero-order valence-corrected chi connectivity index (χ0v) is 19.1. The average molecular weight is 459 g/mol. The van der Waals surface area contributed by atoms with Gasteiger partial charge in [0.25, 0.3) is 0 Å². The summed E-state index contributed by atoms with van der Waals surface area (Å²) in [5.74, 6) is 0.984. The van der Waals surface area contributed by atoms with Crippen molar-refractivity contribution in [3.8, 4) is 33.8 Å². The van der Waals surface area contributed by atoms with Gasteiger partial charge in [0.15, 0.2) is 6.79 Å². The Bertz CT molecular complexity index is 1060. The lowest BCUT2D eigenvalue weighted by Crippen LogP contribution is -1.98. The lowest BCUT2D eigenvalue weighted by atomic mass is 9.96. The molecule has 3 aromatic rings. The number of hydrogen-bond acceptors (Lipinski definition) is 6. The van der Waals surface area contributed by atoms with E-state index in [1.807, 2.05) is 36.4 Å². The Balaban J connectivity index is 2.09. The molecule has 0 saturated carbocycles. The molecule has 0 aliphatic heterocycles. The number of hydrogen-bond donors (Lipinski definition) is 0. The zero-order chi connectivity index (χ0) is 22.2. The number of carbonyl (C=O) groups excluding carboxylic acids is 1. The van der Waals surface area contributed by atoms with Gasteiger partial charge in [-0.25, -0.2) is 4.79 Å². The fraction of sp³-hybridized carbons (Fsp3) is 0.208. The van der Waals surface area contributed by atoms with Gasteiger partial charge in [0, 0.05) is 39.8 Å². The lowest BCUT2D eigenvalue weighted by Gasteiger charge is -2.12. The van der Waals surface area contributed by atoms with Crippen LogP contribution in [0.2, 0.25) is 5.02 Å². The molecule has 2 aromatic carbocycles. The molecule has 5 nitrogen and oxygen atoms in total. The van der Waals surface area contributed by atoms with Gasteiger partial charge in [-0.3, -0.25) is 0 Å². The lowest BCUT2D eigenvalue weighted by molar-refractivity contribution is -0.137. The standard InChI is InChI=1S/C24H23ClO5S/c1-4-29-23(26)12-11-22-24(19-10-7-17(25)13-21(19)28-3)20(14-31-22)16-5-8-18(9-6-16)30-15-27-2/h5-14H,4,15H2,1-3H3. The highest BCUT2D eigenvalue weighted by Crippen LogP contribution is 2.44. The fourth-order valence-electron chi connectivity index (χ4n) is 3.05. The number of ether oxygens (including phenoxy) is 4. The molecule has 1 aromatic heterocycles. The molecule has 0 saturated heterocycles. The quantitative estimate of drug-likeness (QED) is 0.214. The largest absolute Gasteiger partial charge is 0.496 e. The first-order valence-electron chi connectivity index (χ1n) is 9.59. The van der Waals surface area contributed by atoms with Crippen LogP contribution in [-0.4, -0.2) is 33.6 Å². The van der Waals surface area contributed by atoms with Crippen LogP contribution >= 0.6 is 22.9 Å². The molecule has 0 spiro atoms. The van der Waals surface area contributed by atoms with Crippen LogP contribution in [0.1, 0.15) is 11.8 Å². The Hall–Kier alpha value is -2.80. The van der Waals surface area contributed by atoms with E-state index in [1.165, 1.54) is 17.4 Å². The molecule has 1 heterocycles. The van der Waals surface area contributed by atoms with E-state index >= 15 is 0 Å². The summed E-state index contributed by atoms with van der Waals surface area (Å²) in [7, 11) is 3.19. The van der Waals surface area contributed by atoms with E-state index in [0.29, 0.717) is 23.1 Å². The number of methoxy groups -OCH3 is 2. The minimum Gasteiger partial charge on any atom is -0.496 e. The second-order valence-electron chi connectivity index (χ2n) is 6.39. The van der Waals surface area contributed by atoms with Crippen molar-refractivity contribution in [1.82, 2.24) is 0 Å². The zero-order valence-electron chi connectivity index (χ0n) is 17.5. The monoisotopic (exact) mass is 458 g/mol. The summed E-state index contributed by atoms with van der Waals surface area (Å²) in [6, 6.07) is 13.3. The van der Waals surface area contributed by atoms with Crippen molar-refractivity contribution in [2.24, 2.45) is 0 Å². The maximum Gasteiger partial charge on any atom is 0.330 e. The molecular weight excluding hydrogens is 436 g/mol. The van der Waals surface area contributed by atoms with Crippen LogP contribution in [-0.2, 0) is 14.3 Å². The van der Waals surface area contributed by atoms with E-state index < -0.39 is 0 Å². The average Bonchev–Trinajstić information content (AvgIpc) is 3.20. The summed E-state index contributed by atoms with van der Waals surface area (Å²) in [4.78, 5) is 12.8. The third-order valence-corrected chi connectivity index (χ3v) is 5.60. The summed E-state index contributed by atoms with van der Waals surface area (Å²) >= 11 is 7.71. The van der Waals surface area contributed by atoms with Crippen molar-refractivity contribution in [3.05, 3.63) is 63.8 Å². The van der Waals surface area contributed by atoms with Crippen LogP contribution in [0.25, 0.3) is 28.3 Å². The van der Waals surface area contributed by atoms with Crippen molar-refractivity contribution < 1.29 is 23.7 Å². The summed E-state index contributed by atoms with van der Waals surface area (Å²) in [5, 5.41) is 2.64. The van der Waals surface area contributed by atoms with Crippen LogP contribution in [0, 0.1) is 0 Å². The highest BCUT2D eigenvalue weighted by molar-refractivity contribution is 7.12. The molecule has 0 atom stereocenters. The Morgan fingerprint density at radius 1 is 1.10 bits per heavy atom. The summed E-state index contributed by atoms with van der Waals surface area (Å²) in [6.07, 6.45) is 3.21. The molecule has 0 aliphatic rings. The SMILES string of the molecule is CCOC(=O)C=Cc1scc(-c2ccc(OCOC)cc2)c1-c1ccc(Cl)cc1OC. The number of benzene rings is 2. The maximum absolute atomic E-state index is 11.9. The van der Waals surface area contributed by atoms with Gasteiger partial charge < -0.3 is 18.9 Å². The number of esters is 1. The minimum absolute atomic E-state index is 0.188. The first-order chi connectivity index (χ1) is 15.1. The Morgan fingerprint density at radius 2 is 1.87 bits per heavy atom. The molecular formula is C24H23ClO5S. The number of halogens is 1. The van der Waals surface area contributed by atoms with Crippen molar-refractivity contribution in [2.45, 2.75) is 6.92 Å². The van der Waals surface area contributed by atoms with Crippen molar-refractivity contribution in [3.63, 3.8) is 0 Å². The summed E-state index contributed by atoms with van der Waals surface area (Å²) in [6.45, 7) is 2.29. The van der Waals surface area contributed by atoms with Crippen LogP contribution in [0.3, 0.4) is 0 Å². The molecule has 0 unspecified atom stereocenters. The van der Waals surface area contributed by atoms with Gasteiger partial charge in [0.2, 0.25) is 0 Å². The number of carbonyl (C=O) groups is 1. The predicted molar refractivity (Wildman–Crippen MR) is 125 cm³/mol. The highest BCUT2D eigenvalue weighted by Gasteiger charge is 2.18. The van der Waals surface area contributed by atoms with E-state index in [1.54, 1.807) is 33.3 Å². The third-order valence-electron chi connectivity index (χ3n) is 4.42. The van der Waals surface area contributed by atoms with E-state index in [9.17, 15) is 4.79 Å². The second-order valence-corrected chi connectivity index (χ2v) is 7.74.